The van der Waals surface area contributed by atoms with Crippen LogP contribution in [-0.4, -0.2) is 16.2 Å². The number of nitrogens with one attached hydrogen (secondary N) is 4. The van der Waals surface area contributed by atoms with Crippen LogP contribution in [0.3, 0.4) is 0 Å². The predicted molar refractivity (Wildman–Crippen MR) is 54.7 cm³/mol. The molecule has 1 aliphatic heterocycles. The Morgan fingerprint density at radius 2 is 1.82 bits per heavy atom. The maximum absolute atomic E-state index is 11.0. The summed E-state index contributed by atoms with van der Waals surface area (Å²) < 4.78 is 0. The highest BCUT2D eigenvalue weighted by molar-refractivity contribution is 5.72. The van der Waals surface area contributed by atoms with Crippen LogP contribution in [0, 0.1) is 11.1 Å². The number of aromatic nitrogens is 2. The van der Waals surface area contributed by atoms with E-state index in [9.17, 15) is 9.59 Å². The van der Waals surface area contributed by atoms with E-state index in [0.29, 0.717) is 17.8 Å². The van der Waals surface area contributed by atoms with Gasteiger partial charge in [-0.25, -0.2) is 9.79 Å². The molecule has 0 aliphatic carbocycles. The lowest BCUT2D eigenvalue weighted by Gasteiger charge is -1.91. The van der Waals surface area contributed by atoms with Gasteiger partial charge in [0.05, 0.1) is 5.56 Å². The second kappa shape index (κ2) is 5.89. The number of rotatable bonds is 2. The van der Waals surface area contributed by atoms with Crippen molar-refractivity contribution >= 4 is 12.0 Å². The van der Waals surface area contributed by atoms with Crippen molar-refractivity contribution in [1.29, 1.82) is 11.1 Å². The van der Waals surface area contributed by atoms with Gasteiger partial charge in [-0.2, -0.15) is 11.1 Å². The Morgan fingerprint density at radius 1 is 1.18 bits per heavy atom. The highest BCUT2D eigenvalue weighted by Crippen LogP contribution is 2.13. The molecule has 0 aromatic carbocycles. The molecular weight excluding hydrogens is 230 g/mol. The Morgan fingerprint density at radius 3 is 2.41 bits per heavy atom. The highest BCUT2D eigenvalue weighted by atomic mass is 16.2. The largest absolute Gasteiger partial charge is 0.327 e. The number of hydrogen-bond acceptors (Lipinski definition) is 5. The van der Waals surface area contributed by atoms with Crippen molar-refractivity contribution in [2.24, 2.45) is 25.9 Å². The molecule has 0 radical (unpaired) electrons. The second-order valence-corrected chi connectivity index (χ2v) is 2.63. The van der Waals surface area contributed by atoms with Crippen LogP contribution in [0.2, 0.25) is 0 Å². The van der Waals surface area contributed by atoms with Crippen molar-refractivity contribution in [3.8, 4) is 0 Å². The maximum Gasteiger partial charge on any atom is 0.327 e. The molecule has 0 bridgehead atoms. The van der Waals surface area contributed by atoms with E-state index in [0.717, 1.165) is 0 Å². The lowest BCUT2D eigenvalue weighted by atomic mass is 10.3. The summed E-state index contributed by atoms with van der Waals surface area (Å²) >= 11 is 0. The van der Waals surface area contributed by atoms with Gasteiger partial charge in [0, 0.05) is 12.6 Å². The molecule has 88 valence electrons. The van der Waals surface area contributed by atoms with Crippen LogP contribution in [0.25, 0.3) is 0 Å². The van der Waals surface area contributed by atoms with Crippen molar-refractivity contribution in [2.45, 2.75) is 6.42 Å². The van der Waals surface area contributed by atoms with E-state index in [4.69, 9.17) is 11.1 Å². The fourth-order valence-corrected chi connectivity index (χ4v) is 1.07. The summed E-state index contributed by atoms with van der Waals surface area (Å²) in [4.78, 5) is 30.0. The lowest BCUT2D eigenvalue weighted by molar-refractivity contribution is 0.808. The number of fused-ring (bicyclic) bond motifs is 1. The van der Waals surface area contributed by atoms with Crippen molar-refractivity contribution in [3.05, 3.63) is 26.4 Å². The van der Waals surface area contributed by atoms with Crippen molar-refractivity contribution in [3.63, 3.8) is 0 Å². The standard InChI is InChI=1S/C6H5N3O2.H2N6/c10-5-3-1-2-7-4(3)8-6(11)9-5;1-3-5-6-4-2/h2H,1H2,(H2,8,9,10,11);1-2H/b;3-1?,4-2?,6-5+. The van der Waals surface area contributed by atoms with Crippen LogP contribution in [0.1, 0.15) is 5.56 Å². The normalized spacial score (nSPS) is 11.8. The number of aromatic amines is 2. The molecular formula is C6H7N9O2. The molecule has 17 heavy (non-hydrogen) atoms. The minimum atomic E-state index is -0.507. The van der Waals surface area contributed by atoms with Gasteiger partial charge in [0.1, 0.15) is 5.82 Å². The summed E-state index contributed by atoms with van der Waals surface area (Å²) in [6, 6.07) is 0. The van der Waals surface area contributed by atoms with Crippen molar-refractivity contribution < 1.29 is 0 Å². The van der Waals surface area contributed by atoms with Crippen LogP contribution < -0.4 is 11.2 Å². The molecule has 2 heterocycles. The molecule has 11 nitrogen and oxygen atoms in total. The number of nitrogens with zero attached hydrogens (tertiary/aromatic N) is 5. The number of aliphatic imine (C=N–C) groups is 1. The van der Waals surface area contributed by atoms with E-state index in [1.165, 1.54) is 0 Å². The van der Waals surface area contributed by atoms with Gasteiger partial charge in [0.25, 0.3) is 5.56 Å². The summed E-state index contributed by atoms with van der Waals surface area (Å²) in [6.45, 7) is 0. The molecule has 0 spiro atoms. The third-order valence-corrected chi connectivity index (χ3v) is 1.66. The minimum absolute atomic E-state index is 0.346. The summed E-state index contributed by atoms with van der Waals surface area (Å²) in [7, 11) is 0. The molecule has 0 fully saturated rings. The Labute approximate surface area is 92.7 Å². The smallest absolute Gasteiger partial charge is 0.292 e. The van der Waals surface area contributed by atoms with Gasteiger partial charge in [-0.15, -0.1) is 0 Å². The van der Waals surface area contributed by atoms with Crippen LogP contribution >= 0.6 is 0 Å². The van der Waals surface area contributed by atoms with Gasteiger partial charge in [-0.05, 0) is 20.9 Å². The molecule has 11 heteroatoms. The van der Waals surface area contributed by atoms with E-state index in [1.807, 2.05) is 0 Å². The summed E-state index contributed by atoms with van der Waals surface area (Å²) in [5, 5.41) is 10.1. The van der Waals surface area contributed by atoms with Crippen LogP contribution in [0.4, 0.5) is 5.82 Å². The van der Waals surface area contributed by atoms with E-state index in [2.05, 4.69) is 35.9 Å². The van der Waals surface area contributed by atoms with Crippen LogP contribution in [0.5, 0.6) is 0 Å². The quantitative estimate of drug-likeness (QED) is 0.436. The Kier molecular flexibility index (Phi) is 4.24. The average Bonchev–Trinajstić information content (AvgIpc) is 2.75. The molecule has 0 amide bonds. The summed E-state index contributed by atoms with van der Waals surface area (Å²) in [5.74, 6) is 0.388. The van der Waals surface area contributed by atoms with E-state index >= 15 is 0 Å². The first-order chi connectivity index (χ1) is 8.19. The van der Waals surface area contributed by atoms with Gasteiger partial charge < -0.3 is 0 Å². The molecule has 0 unspecified atom stereocenters. The third kappa shape index (κ3) is 3.33. The predicted octanol–water partition coefficient (Wildman–Crippen LogP) is 0.652. The van der Waals surface area contributed by atoms with Gasteiger partial charge in [-0.3, -0.25) is 14.8 Å². The van der Waals surface area contributed by atoms with E-state index in [-0.39, 0.29) is 5.56 Å². The molecule has 0 saturated carbocycles. The summed E-state index contributed by atoms with van der Waals surface area (Å²) in [6.07, 6.45) is 2.09. The zero-order chi connectivity index (χ0) is 12.7. The minimum Gasteiger partial charge on any atom is -0.292 e. The average molecular weight is 237 g/mol. The van der Waals surface area contributed by atoms with E-state index in [1.54, 1.807) is 6.21 Å². The number of hydrogen-bond donors (Lipinski definition) is 4. The van der Waals surface area contributed by atoms with Gasteiger partial charge in [-0.1, -0.05) is 0 Å². The van der Waals surface area contributed by atoms with E-state index < -0.39 is 5.69 Å². The Balaban J connectivity index is 0.000000209. The van der Waals surface area contributed by atoms with Gasteiger partial charge in [0.15, 0.2) is 0 Å². The van der Waals surface area contributed by atoms with Crippen molar-refractivity contribution in [1.82, 2.24) is 9.97 Å². The first-order valence-corrected chi connectivity index (χ1v) is 4.20. The molecule has 4 N–H and O–H groups in total. The topological polar surface area (TPSA) is 175 Å². The molecule has 1 aromatic heterocycles. The second-order valence-electron chi connectivity index (χ2n) is 2.63. The first kappa shape index (κ1) is 12.2. The van der Waals surface area contributed by atoms with Crippen LogP contribution in [0.15, 0.2) is 35.5 Å². The molecule has 1 aromatic rings. The zero-order valence-electron chi connectivity index (χ0n) is 8.34. The summed E-state index contributed by atoms with van der Waals surface area (Å²) in [5.41, 5.74) is 11.5. The first-order valence-electron chi connectivity index (χ1n) is 4.20. The monoisotopic (exact) mass is 237 g/mol. The number of H-pyrrole nitrogens is 2. The highest BCUT2D eigenvalue weighted by Gasteiger charge is 2.10. The zero-order valence-corrected chi connectivity index (χ0v) is 8.34. The maximum atomic E-state index is 11.0. The Bertz CT molecular complexity index is 570. The SMILES string of the molecule is N=N/N=N/N=N.O=c1[nH]c2c(c(=O)[nH]1)CC=N2. The molecule has 0 atom stereocenters. The van der Waals surface area contributed by atoms with Crippen LogP contribution in [-0.2, 0) is 6.42 Å². The van der Waals surface area contributed by atoms with Gasteiger partial charge in [0.2, 0.25) is 0 Å². The third-order valence-electron chi connectivity index (χ3n) is 1.66. The van der Waals surface area contributed by atoms with Gasteiger partial charge >= 0.3 is 5.69 Å². The molecule has 2 rings (SSSR count). The fourth-order valence-electron chi connectivity index (χ4n) is 1.07. The molecule has 1 aliphatic rings. The fraction of sp³-hybridized carbons (Fsp3) is 0.167. The molecule has 0 saturated heterocycles. The van der Waals surface area contributed by atoms with Crippen molar-refractivity contribution in [2.75, 3.05) is 0 Å². The Hall–Kier alpha value is -2.85. The lowest BCUT2D eigenvalue weighted by Crippen LogP contribution is -2.23.